The van der Waals surface area contributed by atoms with Gasteiger partial charge in [0.05, 0.1) is 12.0 Å². The van der Waals surface area contributed by atoms with Gasteiger partial charge < -0.3 is 10.2 Å². The summed E-state index contributed by atoms with van der Waals surface area (Å²) in [5.41, 5.74) is 3.34. The van der Waals surface area contributed by atoms with E-state index in [4.69, 9.17) is 5.11 Å². The number of Topliss-reactive ketones (excluding diaryl/α,β-unsaturated/α-hetero) is 1. The monoisotopic (exact) mass is 338 g/mol. The number of ketones is 1. The Kier molecular flexibility index (Phi) is 5.50. The highest BCUT2D eigenvalue weighted by atomic mass is 16.4. The van der Waals surface area contributed by atoms with Gasteiger partial charge in [-0.05, 0) is 36.6 Å². The molecule has 0 unspecified atom stereocenters. The minimum absolute atomic E-state index is 0.0464. The van der Waals surface area contributed by atoms with E-state index in [1.54, 1.807) is 0 Å². The molecule has 0 amide bonds. The standard InChI is InChI=1S/C19H18N2O4/c1-11-4-3-5-12(2)15(11)9-14-8-13(10-20)19(25)18(21-14)16(22)6-7-17(23)24/h3-5,8,25H,6-7,9H2,1-2H3,(H,23,24). The lowest BCUT2D eigenvalue weighted by Gasteiger charge is -2.11. The van der Waals surface area contributed by atoms with Crippen LogP contribution >= 0.6 is 0 Å². The Morgan fingerprint density at radius 1 is 1.20 bits per heavy atom. The molecule has 128 valence electrons. The van der Waals surface area contributed by atoms with Crippen LogP contribution in [0.2, 0.25) is 0 Å². The summed E-state index contributed by atoms with van der Waals surface area (Å²) >= 11 is 0. The maximum absolute atomic E-state index is 12.2. The van der Waals surface area contributed by atoms with E-state index in [1.807, 2.05) is 38.1 Å². The molecule has 0 aliphatic carbocycles. The van der Waals surface area contributed by atoms with Crippen LogP contribution in [0.5, 0.6) is 5.75 Å². The Labute approximate surface area is 145 Å². The summed E-state index contributed by atoms with van der Waals surface area (Å²) in [4.78, 5) is 27.0. The van der Waals surface area contributed by atoms with Gasteiger partial charge in [-0.15, -0.1) is 0 Å². The molecule has 25 heavy (non-hydrogen) atoms. The summed E-state index contributed by atoms with van der Waals surface area (Å²) in [6.07, 6.45) is -0.233. The first-order valence-electron chi connectivity index (χ1n) is 7.76. The van der Waals surface area contributed by atoms with Crippen molar-refractivity contribution in [1.29, 1.82) is 5.26 Å². The average molecular weight is 338 g/mol. The second kappa shape index (κ2) is 7.58. The highest BCUT2D eigenvalue weighted by Gasteiger charge is 2.19. The van der Waals surface area contributed by atoms with Crippen LogP contribution in [0, 0.1) is 25.2 Å². The summed E-state index contributed by atoms with van der Waals surface area (Å²) in [5, 5.41) is 28.0. The fraction of sp³-hybridized carbons (Fsp3) is 0.263. The lowest BCUT2D eigenvalue weighted by atomic mass is 9.97. The van der Waals surface area contributed by atoms with E-state index in [2.05, 4.69) is 4.98 Å². The summed E-state index contributed by atoms with van der Waals surface area (Å²) in [7, 11) is 0. The summed E-state index contributed by atoms with van der Waals surface area (Å²) < 4.78 is 0. The number of carboxylic acid groups (broad SMARTS) is 1. The van der Waals surface area contributed by atoms with Crippen LogP contribution < -0.4 is 0 Å². The van der Waals surface area contributed by atoms with Crippen molar-refractivity contribution in [2.75, 3.05) is 0 Å². The smallest absolute Gasteiger partial charge is 0.303 e. The number of hydrogen-bond donors (Lipinski definition) is 2. The number of aromatic hydroxyl groups is 1. The van der Waals surface area contributed by atoms with Crippen LogP contribution in [0.4, 0.5) is 0 Å². The van der Waals surface area contributed by atoms with Crippen molar-refractivity contribution in [3.63, 3.8) is 0 Å². The van der Waals surface area contributed by atoms with Gasteiger partial charge in [0.2, 0.25) is 0 Å². The van der Waals surface area contributed by atoms with Crippen LogP contribution in [0.15, 0.2) is 24.3 Å². The molecule has 0 saturated carbocycles. The molecule has 0 spiro atoms. The Morgan fingerprint density at radius 3 is 2.40 bits per heavy atom. The molecule has 0 saturated heterocycles. The Morgan fingerprint density at radius 2 is 1.84 bits per heavy atom. The molecule has 6 nitrogen and oxygen atoms in total. The fourth-order valence-electron chi connectivity index (χ4n) is 2.61. The zero-order valence-corrected chi connectivity index (χ0v) is 14.0. The molecule has 0 atom stereocenters. The molecule has 0 aliphatic rings. The number of benzene rings is 1. The zero-order valence-electron chi connectivity index (χ0n) is 14.0. The summed E-state index contributed by atoms with van der Waals surface area (Å²) in [5.74, 6) is -2.21. The predicted molar refractivity (Wildman–Crippen MR) is 90.5 cm³/mol. The summed E-state index contributed by atoms with van der Waals surface area (Å²) in [6, 6.07) is 9.18. The molecule has 0 fully saturated rings. The molecular weight excluding hydrogens is 320 g/mol. The largest absolute Gasteiger partial charge is 0.504 e. The lowest BCUT2D eigenvalue weighted by molar-refractivity contribution is -0.136. The van der Waals surface area contributed by atoms with E-state index in [1.165, 1.54) is 6.07 Å². The van der Waals surface area contributed by atoms with Crippen molar-refractivity contribution in [2.45, 2.75) is 33.1 Å². The fourth-order valence-corrected chi connectivity index (χ4v) is 2.61. The van der Waals surface area contributed by atoms with Gasteiger partial charge in [-0.3, -0.25) is 9.59 Å². The molecule has 0 aliphatic heterocycles. The molecule has 1 heterocycles. The van der Waals surface area contributed by atoms with Crippen molar-refractivity contribution < 1.29 is 19.8 Å². The number of carboxylic acids is 1. The Bertz CT molecular complexity index is 861. The van der Waals surface area contributed by atoms with E-state index in [0.717, 1.165) is 16.7 Å². The number of pyridine rings is 1. The minimum atomic E-state index is -1.11. The maximum Gasteiger partial charge on any atom is 0.303 e. The molecule has 1 aromatic heterocycles. The van der Waals surface area contributed by atoms with Gasteiger partial charge in [0.25, 0.3) is 0 Å². The van der Waals surface area contributed by atoms with Crippen molar-refractivity contribution >= 4 is 11.8 Å². The van der Waals surface area contributed by atoms with Crippen molar-refractivity contribution in [3.8, 4) is 11.8 Å². The number of carbonyl (C=O) groups is 2. The maximum atomic E-state index is 12.2. The van der Waals surface area contributed by atoms with Crippen LogP contribution in [0.3, 0.4) is 0 Å². The van der Waals surface area contributed by atoms with Crippen LogP contribution in [0.1, 0.15) is 51.3 Å². The number of carbonyl (C=O) groups excluding carboxylic acids is 1. The van der Waals surface area contributed by atoms with Crippen molar-refractivity contribution in [2.24, 2.45) is 0 Å². The van der Waals surface area contributed by atoms with Gasteiger partial charge in [-0.25, -0.2) is 4.98 Å². The van der Waals surface area contributed by atoms with Crippen LogP contribution in [-0.4, -0.2) is 26.9 Å². The SMILES string of the molecule is Cc1cccc(C)c1Cc1cc(C#N)c(O)c(C(=O)CCC(=O)O)n1. The number of aliphatic carboxylic acids is 1. The average Bonchev–Trinajstić information content (AvgIpc) is 2.57. The first-order chi connectivity index (χ1) is 11.8. The number of aromatic nitrogens is 1. The second-order valence-corrected chi connectivity index (χ2v) is 5.83. The number of nitrogens with zero attached hydrogens (tertiary/aromatic N) is 2. The molecule has 2 aromatic rings. The van der Waals surface area contributed by atoms with E-state index in [-0.39, 0.29) is 24.1 Å². The first-order valence-corrected chi connectivity index (χ1v) is 7.76. The van der Waals surface area contributed by atoms with Crippen LogP contribution in [0.25, 0.3) is 0 Å². The van der Waals surface area contributed by atoms with Gasteiger partial charge >= 0.3 is 5.97 Å². The quantitative estimate of drug-likeness (QED) is 0.783. The van der Waals surface area contributed by atoms with E-state index < -0.39 is 17.5 Å². The normalized spacial score (nSPS) is 10.3. The third kappa shape index (κ3) is 4.21. The lowest BCUT2D eigenvalue weighted by Crippen LogP contribution is -2.09. The van der Waals surface area contributed by atoms with Crippen molar-refractivity contribution in [3.05, 3.63) is 57.9 Å². The first kappa shape index (κ1) is 18.1. The van der Waals surface area contributed by atoms with Gasteiger partial charge in [0.1, 0.15) is 11.8 Å². The van der Waals surface area contributed by atoms with Gasteiger partial charge in [0, 0.05) is 18.5 Å². The highest BCUT2D eigenvalue weighted by molar-refractivity contribution is 5.98. The van der Waals surface area contributed by atoms with E-state index in [9.17, 15) is 20.0 Å². The molecule has 0 bridgehead atoms. The molecular formula is C19H18N2O4. The van der Waals surface area contributed by atoms with Crippen LogP contribution in [-0.2, 0) is 11.2 Å². The molecule has 1 aromatic carbocycles. The van der Waals surface area contributed by atoms with E-state index in [0.29, 0.717) is 12.1 Å². The second-order valence-electron chi connectivity index (χ2n) is 5.83. The molecule has 2 N–H and O–H groups in total. The van der Waals surface area contributed by atoms with Crippen molar-refractivity contribution in [1.82, 2.24) is 4.98 Å². The number of nitriles is 1. The molecule has 6 heteroatoms. The summed E-state index contributed by atoms with van der Waals surface area (Å²) in [6.45, 7) is 3.93. The van der Waals surface area contributed by atoms with Gasteiger partial charge in [-0.1, -0.05) is 18.2 Å². The molecule has 0 radical (unpaired) electrons. The Balaban J connectivity index is 2.43. The third-order valence-corrected chi connectivity index (χ3v) is 4.00. The third-order valence-electron chi connectivity index (χ3n) is 4.00. The molecule has 2 rings (SSSR count). The predicted octanol–water partition coefficient (Wildman–Crippen LogP) is 2.91. The van der Waals surface area contributed by atoms with Gasteiger partial charge in [0.15, 0.2) is 11.5 Å². The van der Waals surface area contributed by atoms with E-state index >= 15 is 0 Å². The number of rotatable bonds is 6. The number of hydrogen-bond acceptors (Lipinski definition) is 5. The zero-order chi connectivity index (χ0) is 18.6. The Hall–Kier alpha value is -3.20. The highest BCUT2D eigenvalue weighted by Crippen LogP contribution is 2.25. The number of aryl methyl sites for hydroxylation is 2. The topological polar surface area (TPSA) is 111 Å². The van der Waals surface area contributed by atoms with Gasteiger partial charge in [-0.2, -0.15) is 5.26 Å². The minimum Gasteiger partial charge on any atom is -0.504 e.